The van der Waals surface area contributed by atoms with Crippen LogP contribution in [0.3, 0.4) is 0 Å². The van der Waals surface area contributed by atoms with Crippen LogP contribution in [0.1, 0.15) is 11.3 Å². The molecule has 2 heterocycles. The number of nitrogens with zero attached hydrogens (tertiary/aromatic N) is 5. The molecule has 0 spiro atoms. The normalized spacial score (nSPS) is 14.2. The lowest BCUT2D eigenvalue weighted by Gasteiger charge is -2.35. The monoisotopic (exact) mass is 487 g/mol. The molecule has 1 atom stereocenters. The number of tetrazole rings is 1. The van der Waals surface area contributed by atoms with Gasteiger partial charge < -0.3 is 9.84 Å². The van der Waals surface area contributed by atoms with Crippen LogP contribution in [0.25, 0.3) is 10.9 Å². The second-order valence-electron chi connectivity index (χ2n) is 7.14. The van der Waals surface area contributed by atoms with E-state index >= 15 is 8.78 Å². The molecule has 1 unspecified atom stereocenters. The number of ether oxygens (including phenoxy) is 1. The van der Waals surface area contributed by atoms with E-state index in [0.717, 1.165) is 24.5 Å². The van der Waals surface area contributed by atoms with E-state index in [0.29, 0.717) is 22.9 Å². The Morgan fingerprint density at radius 2 is 1.74 bits per heavy atom. The highest BCUT2D eigenvalue weighted by molar-refractivity contribution is 5.84. The molecular formula is C20H12F7N5O2. The number of aromatic nitrogens is 5. The highest BCUT2D eigenvalue weighted by Crippen LogP contribution is 2.47. The molecule has 7 nitrogen and oxygen atoms in total. The predicted molar refractivity (Wildman–Crippen MR) is 100 cm³/mol. The van der Waals surface area contributed by atoms with Crippen molar-refractivity contribution in [1.29, 1.82) is 0 Å². The Balaban J connectivity index is 1.90. The molecule has 0 saturated carbocycles. The molecule has 14 heteroatoms. The van der Waals surface area contributed by atoms with Crippen molar-refractivity contribution in [3.05, 3.63) is 77.8 Å². The number of hydrogen-bond donors (Lipinski definition) is 1. The first-order valence-corrected chi connectivity index (χ1v) is 9.33. The summed E-state index contributed by atoms with van der Waals surface area (Å²) in [5.41, 5.74) is -6.25. The van der Waals surface area contributed by atoms with Gasteiger partial charge in [-0.05, 0) is 34.7 Å². The fraction of sp³-hybridized carbons (Fsp3) is 0.200. The molecule has 2 aromatic carbocycles. The maximum absolute atomic E-state index is 15.8. The van der Waals surface area contributed by atoms with Crippen LogP contribution >= 0.6 is 0 Å². The van der Waals surface area contributed by atoms with Gasteiger partial charge in [-0.2, -0.15) is 8.78 Å². The van der Waals surface area contributed by atoms with Crippen molar-refractivity contribution in [1.82, 2.24) is 25.2 Å². The summed E-state index contributed by atoms with van der Waals surface area (Å²) in [5.74, 6) is -7.90. The zero-order chi connectivity index (χ0) is 24.7. The van der Waals surface area contributed by atoms with E-state index in [2.05, 4.69) is 25.2 Å². The second-order valence-corrected chi connectivity index (χ2v) is 7.14. The molecule has 0 aliphatic rings. The van der Waals surface area contributed by atoms with E-state index in [4.69, 9.17) is 0 Å². The Hall–Kier alpha value is -3.81. The van der Waals surface area contributed by atoms with Crippen molar-refractivity contribution in [2.75, 3.05) is 0 Å². The minimum atomic E-state index is -5.13. The number of hydrogen-bond acceptors (Lipinski definition) is 6. The van der Waals surface area contributed by atoms with E-state index < -0.39 is 58.6 Å². The molecule has 4 aromatic rings. The van der Waals surface area contributed by atoms with E-state index in [1.165, 1.54) is 12.1 Å². The number of pyridine rings is 1. The molecule has 0 aliphatic heterocycles. The molecule has 0 amide bonds. The van der Waals surface area contributed by atoms with Gasteiger partial charge in [0.1, 0.15) is 29.2 Å². The molecule has 34 heavy (non-hydrogen) atoms. The van der Waals surface area contributed by atoms with E-state index in [9.17, 15) is 27.1 Å². The molecule has 0 radical (unpaired) electrons. The summed E-state index contributed by atoms with van der Waals surface area (Å²) >= 11 is 0. The van der Waals surface area contributed by atoms with Crippen LogP contribution in [0, 0.1) is 11.6 Å². The molecular weight excluding hydrogens is 475 g/mol. The number of halogens is 7. The van der Waals surface area contributed by atoms with Gasteiger partial charge in [0.05, 0.1) is 6.54 Å². The SMILES string of the molecule is OC(Cn1cnnn1)(c1ccc(F)cc1F)C(F)(F)c1ccc2cccc(OC(F)(F)F)c2n1. The van der Waals surface area contributed by atoms with Gasteiger partial charge in [-0.25, -0.2) is 18.4 Å². The first-order chi connectivity index (χ1) is 15.9. The summed E-state index contributed by atoms with van der Waals surface area (Å²) in [7, 11) is 0. The van der Waals surface area contributed by atoms with Gasteiger partial charge in [0.15, 0.2) is 11.4 Å². The Kier molecular flexibility index (Phi) is 5.63. The number of aliphatic hydroxyl groups is 1. The van der Waals surface area contributed by atoms with Gasteiger partial charge in [-0.15, -0.1) is 18.3 Å². The van der Waals surface area contributed by atoms with Crippen molar-refractivity contribution >= 4 is 10.9 Å². The average Bonchev–Trinajstić information content (AvgIpc) is 3.25. The van der Waals surface area contributed by atoms with Crippen LogP contribution in [-0.2, 0) is 18.1 Å². The van der Waals surface area contributed by atoms with Crippen molar-refractivity contribution in [2.24, 2.45) is 0 Å². The van der Waals surface area contributed by atoms with Gasteiger partial charge in [0.2, 0.25) is 0 Å². The lowest BCUT2D eigenvalue weighted by molar-refractivity contribution is -0.274. The van der Waals surface area contributed by atoms with Crippen molar-refractivity contribution in [3.63, 3.8) is 0 Å². The summed E-state index contributed by atoms with van der Waals surface area (Å²) in [6.07, 6.45) is -4.27. The molecule has 0 aliphatic carbocycles. The van der Waals surface area contributed by atoms with Gasteiger partial charge in [0, 0.05) is 17.0 Å². The summed E-state index contributed by atoms with van der Waals surface area (Å²) in [6, 6.07) is 6.73. The quantitative estimate of drug-likeness (QED) is 0.413. The zero-order valence-corrected chi connectivity index (χ0v) is 16.6. The highest BCUT2D eigenvalue weighted by atomic mass is 19.4. The van der Waals surface area contributed by atoms with E-state index in [1.807, 2.05) is 0 Å². The molecule has 178 valence electrons. The van der Waals surface area contributed by atoms with Gasteiger partial charge in [-0.3, -0.25) is 0 Å². The van der Waals surface area contributed by atoms with Crippen LogP contribution < -0.4 is 4.74 Å². The fourth-order valence-corrected chi connectivity index (χ4v) is 3.38. The summed E-state index contributed by atoms with van der Waals surface area (Å²) in [5, 5.41) is 21.1. The Morgan fingerprint density at radius 1 is 0.971 bits per heavy atom. The first kappa shape index (κ1) is 23.4. The Morgan fingerprint density at radius 3 is 2.38 bits per heavy atom. The molecule has 0 fully saturated rings. The number of rotatable bonds is 6. The van der Waals surface area contributed by atoms with E-state index in [-0.39, 0.29) is 5.39 Å². The minimum absolute atomic E-state index is 0.0262. The van der Waals surface area contributed by atoms with Crippen LogP contribution in [-0.4, -0.2) is 36.7 Å². The van der Waals surface area contributed by atoms with Crippen LogP contribution in [0.15, 0.2) is 54.9 Å². The topological polar surface area (TPSA) is 86.0 Å². The lowest BCUT2D eigenvalue weighted by atomic mass is 9.84. The molecule has 0 bridgehead atoms. The van der Waals surface area contributed by atoms with Crippen molar-refractivity contribution in [3.8, 4) is 5.75 Å². The minimum Gasteiger partial charge on any atom is -0.403 e. The summed E-state index contributed by atoms with van der Waals surface area (Å²) in [4.78, 5) is 3.61. The maximum atomic E-state index is 15.8. The van der Waals surface area contributed by atoms with Crippen LogP contribution in [0.2, 0.25) is 0 Å². The van der Waals surface area contributed by atoms with Gasteiger partial charge >= 0.3 is 12.3 Å². The first-order valence-electron chi connectivity index (χ1n) is 9.33. The Labute approximate surface area is 185 Å². The third kappa shape index (κ3) is 4.23. The fourth-order valence-electron chi connectivity index (χ4n) is 3.38. The number of fused-ring (bicyclic) bond motifs is 1. The second kappa shape index (κ2) is 8.20. The average molecular weight is 487 g/mol. The molecule has 0 saturated heterocycles. The number of benzene rings is 2. The maximum Gasteiger partial charge on any atom is 0.573 e. The van der Waals surface area contributed by atoms with Gasteiger partial charge in [0.25, 0.3) is 0 Å². The van der Waals surface area contributed by atoms with Gasteiger partial charge in [-0.1, -0.05) is 18.2 Å². The number of para-hydroxylation sites is 1. The standard InChI is InChI=1S/C20H12F7N5O2/c21-12-5-6-13(14(22)8-12)18(33,9-32-10-28-30-31-32)19(23,24)16-7-4-11-2-1-3-15(17(11)29-16)34-20(25,26)27/h1-8,10,33H,9H2. The number of alkyl halides is 5. The molecule has 2 aromatic heterocycles. The lowest BCUT2D eigenvalue weighted by Crippen LogP contribution is -2.48. The smallest absolute Gasteiger partial charge is 0.403 e. The summed E-state index contributed by atoms with van der Waals surface area (Å²) < 4.78 is 103. The van der Waals surface area contributed by atoms with Crippen LogP contribution in [0.5, 0.6) is 5.75 Å². The highest BCUT2D eigenvalue weighted by Gasteiger charge is 2.58. The van der Waals surface area contributed by atoms with Crippen LogP contribution in [0.4, 0.5) is 30.7 Å². The molecule has 4 rings (SSSR count). The third-order valence-corrected chi connectivity index (χ3v) is 4.91. The largest absolute Gasteiger partial charge is 0.573 e. The van der Waals surface area contributed by atoms with Crippen molar-refractivity contribution < 1.29 is 40.6 Å². The van der Waals surface area contributed by atoms with E-state index in [1.54, 1.807) is 0 Å². The third-order valence-electron chi connectivity index (χ3n) is 4.91. The summed E-state index contributed by atoms with van der Waals surface area (Å²) in [6.45, 7) is -1.12. The Bertz CT molecular complexity index is 1330. The van der Waals surface area contributed by atoms with Crippen molar-refractivity contribution in [2.45, 2.75) is 24.4 Å². The predicted octanol–water partition coefficient (Wildman–Crippen LogP) is 4.08. The zero-order valence-electron chi connectivity index (χ0n) is 16.6. The molecule has 1 N–H and O–H groups in total.